The summed E-state index contributed by atoms with van der Waals surface area (Å²) >= 11 is 5.94. The predicted molar refractivity (Wildman–Crippen MR) is 129 cm³/mol. The molecule has 8 heteroatoms. The third kappa shape index (κ3) is 5.15. The van der Waals surface area contributed by atoms with Crippen LogP contribution >= 0.6 is 11.6 Å². The molecule has 0 saturated carbocycles. The summed E-state index contributed by atoms with van der Waals surface area (Å²) in [5, 5.41) is 6.23. The van der Waals surface area contributed by atoms with E-state index in [-0.39, 0.29) is 5.57 Å². The number of halogens is 1. The summed E-state index contributed by atoms with van der Waals surface area (Å²) in [5.41, 5.74) is 2.94. The Morgan fingerprint density at radius 1 is 0.971 bits per heavy atom. The normalized spacial score (nSPS) is 15.3. The zero-order chi connectivity index (χ0) is 24.1. The second-order valence-corrected chi connectivity index (χ2v) is 7.96. The Kier molecular flexibility index (Phi) is 7.04. The number of hydrogen-bond donors (Lipinski definition) is 2. The minimum atomic E-state index is -0.739. The largest absolute Gasteiger partial charge is 0.497 e. The molecule has 1 unspecified atom stereocenters. The molecule has 1 aliphatic rings. The molecule has 1 heterocycles. The van der Waals surface area contributed by atoms with Crippen LogP contribution in [0.3, 0.4) is 0 Å². The Morgan fingerprint density at radius 2 is 1.71 bits per heavy atom. The second-order valence-electron chi connectivity index (χ2n) is 7.53. The molecule has 0 radical (unpaired) electrons. The third-order valence-corrected chi connectivity index (χ3v) is 5.62. The first-order chi connectivity index (χ1) is 16.5. The minimum Gasteiger partial charge on any atom is -0.497 e. The molecule has 7 nitrogen and oxygen atoms in total. The smallest absolute Gasteiger partial charge is 0.338 e. The maximum absolute atomic E-state index is 12.8. The Hall–Kier alpha value is -3.97. The lowest BCUT2D eigenvalue weighted by Crippen LogP contribution is -2.45. The first kappa shape index (κ1) is 23.2. The molecule has 4 rings (SSSR count). The van der Waals surface area contributed by atoms with E-state index in [0.717, 1.165) is 5.56 Å². The van der Waals surface area contributed by atoms with Crippen molar-refractivity contribution in [2.45, 2.75) is 12.6 Å². The highest BCUT2D eigenvalue weighted by molar-refractivity contribution is 6.30. The van der Waals surface area contributed by atoms with Gasteiger partial charge in [0.2, 0.25) is 0 Å². The van der Waals surface area contributed by atoms with E-state index in [4.69, 9.17) is 25.8 Å². The van der Waals surface area contributed by atoms with Crippen molar-refractivity contribution in [3.63, 3.8) is 0 Å². The van der Waals surface area contributed by atoms with Gasteiger partial charge in [0.25, 0.3) is 0 Å². The van der Waals surface area contributed by atoms with Crippen LogP contribution < -0.4 is 20.1 Å². The SMILES string of the molecule is COC(=O)C1=C(c2ccc(OC)cc2)NC(=O)NC1c1cccc(OCc2ccc(Cl)cc2)c1. The summed E-state index contributed by atoms with van der Waals surface area (Å²) in [4.78, 5) is 25.4. The number of nitrogens with one attached hydrogen (secondary N) is 2. The number of methoxy groups -OCH3 is 2. The number of hydrogen-bond acceptors (Lipinski definition) is 5. The third-order valence-electron chi connectivity index (χ3n) is 5.37. The molecule has 0 fully saturated rings. The molecule has 2 N–H and O–H groups in total. The van der Waals surface area contributed by atoms with Crippen LogP contribution in [0, 0.1) is 0 Å². The van der Waals surface area contributed by atoms with E-state index in [1.54, 1.807) is 49.6 Å². The summed E-state index contributed by atoms with van der Waals surface area (Å²) in [7, 11) is 2.87. The average Bonchev–Trinajstić information content (AvgIpc) is 2.87. The van der Waals surface area contributed by atoms with Crippen molar-refractivity contribution in [3.8, 4) is 11.5 Å². The quantitative estimate of drug-likeness (QED) is 0.473. The Morgan fingerprint density at radius 3 is 2.38 bits per heavy atom. The molecule has 1 aliphatic heterocycles. The van der Waals surface area contributed by atoms with Gasteiger partial charge in [-0.05, 0) is 65.2 Å². The number of carbonyl (C=O) groups excluding carboxylic acids is 2. The molecule has 174 valence electrons. The van der Waals surface area contributed by atoms with Crippen molar-refractivity contribution in [1.29, 1.82) is 0 Å². The lowest BCUT2D eigenvalue weighted by atomic mass is 9.92. The van der Waals surface area contributed by atoms with Gasteiger partial charge in [0.1, 0.15) is 18.1 Å². The fourth-order valence-corrected chi connectivity index (χ4v) is 3.79. The Balaban J connectivity index is 1.68. The number of rotatable bonds is 7. The topological polar surface area (TPSA) is 85.9 Å². The van der Waals surface area contributed by atoms with Crippen LogP contribution in [0.5, 0.6) is 11.5 Å². The van der Waals surface area contributed by atoms with Gasteiger partial charge in [-0.3, -0.25) is 0 Å². The molecule has 0 aliphatic carbocycles. The number of benzene rings is 3. The van der Waals surface area contributed by atoms with Crippen LogP contribution in [0.1, 0.15) is 22.7 Å². The van der Waals surface area contributed by atoms with E-state index in [9.17, 15) is 9.59 Å². The summed E-state index contributed by atoms with van der Waals surface area (Å²) in [6, 6.07) is 20.5. The van der Waals surface area contributed by atoms with Crippen molar-refractivity contribution >= 4 is 29.3 Å². The molecule has 3 aromatic rings. The molecule has 0 bridgehead atoms. The van der Waals surface area contributed by atoms with Crippen LogP contribution in [0.2, 0.25) is 5.02 Å². The molecule has 1 atom stereocenters. The van der Waals surface area contributed by atoms with Gasteiger partial charge in [-0.1, -0.05) is 35.9 Å². The highest BCUT2D eigenvalue weighted by atomic mass is 35.5. The van der Waals surface area contributed by atoms with Crippen molar-refractivity contribution < 1.29 is 23.8 Å². The maximum Gasteiger partial charge on any atom is 0.338 e. The number of ether oxygens (including phenoxy) is 3. The standard InChI is InChI=1S/C26H23ClN2O5/c1-32-20-12-8-17(9-13-20)23-22(25(30)33-2)24(29-26(31)28-23)18-4-3-5-21(14-18)34-15-16-6-10-19(27)11-7-16/h3-14,24H,15H2,1-2H3,(H2,28,29,31). The molecule has 3 aromatic carbocycles. The Bertz CT molecular complexity index is 1220. The number of urea groups is 1. The number of amides is 2. The Labute approximate surface area is 202 Å². The summed E-state index contributed by atoms with van der Waals surface area (Å²) in [6.07, 6.45) is 0. The molecular weight excluding hydrogens is 456 g/mol. The van der Waals surface area contributed by atoms with Gasteiger partial charge in [0.05, 0.1) is 31.5 Å². The average molecular weight is 479 g/mol. The molecule has 0 spiro atoms. The van der Waals surface area contributed by atoms with Crippen LogP contribution in [0.4, 0.5) is 4.79 Å². The first-order valence-electron chi connectivity index (χ1n) is 10.5. The van der Waals surface area contributed by atoms with E-state index in [0.29, 0.717) is 40.0 Å². The minimum absolute atomic E-state index is 0.280. The van der Waals surface area contributed by atoms with E-state index >= 15 is 0 Å². The maximum atomic E-state index is 12.8. The number of esters is 1. The van der Waals surface area contributed by atoms with Crippen LogP contribution in [-0.4, -0.2) is 26.2 Å². The first-order valence-corrected chi connectivity index (χ1v) is 10.9. The molecule has 2 amide bonds. The molecule has 34 heavy (non-hydrogen) atoms. The fourth-order valence-electron chi connectivity index (χ4n) is 3.66. The van der Waals surface area contributed by atoms with E-state index in [1.165, 1.54) is 7.11 Å². The van der Waals surface area contributed by atoms with Gasteiger partial charge in [0, 0.05) is 5.02 Å². The van der Waals surface area contributed by atoms with Gasteiger partial charge in [0.15, 0.2) is 0 Å². The van der Waals surface area contributed by atoms with E-state index in [2.05, 4.69) is 10.6 Å². The van der Waals surface area contributed by atoms with Gasteiger partial charge >= 0.3 is 12.0 Å². The molecular formula is C26H23ClN2O5. The predicted octanol–water partition coefficient (Wildman–Crippen LogP) is 4.87. The van der Waals surface area contributed by atoms with Gasteiger partial charge in [-0.25, -0.2) is 9.59 Å². The number of carbonyl (C=O) groups is 2. The molecule has 0 saturated heterocycles. The highest BCUT2D eigenvalue weighted by Crippen LogP contribution is 2.33. The summed E-state index contributed by atoms with van der Waals surface area (Å²) in [6.45, 7) is 0.343. The lowest BCUT2D eigenvalue weighted by molar-refractivity contribution is -0.136. The van der Waals surface area contributed by atoms with Crippen molar-refractivity contribution in [1.82, 2.24) is 10.6 Å². The lowest BCUT2D eigenvalue weighted by Gasteiger charge is -2.29. The van der Waals surface area contributed by atoms with Crippen LogP contribution in [0.15, 0.2) is 78.4 Å². The zero-order valence-electron chi connectivity index (χ0n) is 18.6. The van der Waals surface area contributed by atoms with Crippen molar-refractivity contribution in [2.24, 2.45) is 0 Å². The van der Waals surface area contributed by atoms with E-state index in [1.807, 2.05) is 30.3 Å². The summed E-state index contributed by atoms with van der Waals surface area (Å²) < 4.78 is 16.2. The highest BCUT2D eigenvalue weighted by Gasteiger charge is 2.34. The molecule has 0 aromatic heterocycles. The zero-order valence-corrected chi connectivity index (χ0v) is 19.4. The fraction of sp³-hybridized carbons (Fsp3) is 0.154. The monoisotopic (exact) mass is 478 g/mol. The second kappa shape index (κ2) is 10.3. The van der Waals surface area contributed by atoms with Gasteiger partial charge in [-0.15, -0.1) is 0 Å². The van der Waals surface area contributed by atoms with Crippen LogP contribution in [-0.2, 0) is 16.1 Å². The summed E-state index contributed by atoms with van der Waals surface area (Å²) in [5.74, 6) is 0.692. The van der Waals surface area contributed by atoms with Crippen molar-refractivity contribution in [2.75, 3.05) is 14.2 Å². The van der Waals surface area contributed by atoms with Crippen LogP contribution in [0.25, 0.3) is 5.70 Å². The van der Waals surface area contributed by atoms with Crippen molar-refractivity contribution in [3.05, 3.63) is 100 Å². The van der Waals surface area contributed by atoms with Gasteiger partial charge < -0.3 is 24.8 Å². The van der Waals surface area contributed by atoms with Gasteiger partial charge in [-0.2, -0.15) is 0 Å². The van der Waals surface area contributed by atoms with E-state index < -0.39 is 18.0 Å².